The molecule has 33 heavy (non-hydrogen) atoms. The molecule has 0 atom stereocenters. The summed E-state index contributed by atoms with van der Waals surface area (Å²) in [5.74, 6) is 1.02. The fraction of sp³-hybridized carbons (Fsp3) is 0.308. The Kier molecular flexibility index (Phi) is 5.41. The summed E-state index contributed by atoms with van der Waals surface area (Å²) >= 11 is 0. The molecule has 6 rings (SSSR count). The van der Waals surface area contributed by atoms with Crippen molar-refractivity contribution in [2.24, 2.45) is 0 Å². The monoisotopic (exact) mass is 440 g/mol. The number of hydrogen-bond donors (Lipinski definition) is 2. The van der Waals surface area contributed by atoms with Crippen molar-refractivity contribution in [2.75, 3.05) is 62.2 Å². The number of nitrogens with zero attached hydrogens (tertiary/aromatic N) is 4. The minimum Gasteiger partial charge on any atom is -0.462 e. The predicted octanol–water partition coefficient (Wildman–Crippen LogP) is 3.38. The number of benzene rings is 1. The van der Waals surface area contributed by atoms with E-state index < -0.39 is 0 Å². The summed E-state index contributed by atoms with van der Waals surface area (Å²) in [5.41, 5.74) is 7.13. The molecule has 0 aliphatic carbocycles. The lowest BCUT2D eigenvalue weighted by Crippen LogP contribution is -2.43. The minimum absolute atomic E-state index is 0.792. The zero-order chi connectivity index (χ0) is 22.0. The van der Waals surface area contributed by atoms with Crippen LogP contribution in [0, 0.1) is 0 Å². The average Bonchev–Trinajstić information content (AvgIpc) is 3.33. The van der Waals surface area contributed by atoms with Crippen molar-refractivity contribution in [3.63, 3.8) is 0 Å². The van der Waals surface area contributed by atoms with Gasteiger partial charge < -0.3 is 24.9 Å². The van der Waals surface area contributed by atoms with Gasteiger partial charge in [-0.25, -0.2) is 4.98 Å². The van der Waals surface area contributed by atoms with Gasteiger partial charge >= 0.3 is 0 Å². The van der Waals surface area contributed by atoms with E-state index in [1.807, 2.05) is 12.4 Å². The summed E-state index contributed by atoms with van der Waals surface area (Å²) in [6.45, 7) is 8.15. The third-order valence-corrected chi connectivity index (χ3v) is 6.59. The van der Waals surface area contributed by atoms with Crippen molar-refractivity contribution in [1.29, 1.82) is 0 Å². The Morgan fingerprint density at radius 3 is 2.06 bits per heavy atom. The van der Waals surface area contributed by atoms with E-state index in [0.717, 1.165) is 91.5 Å². The molecule has 2 aliphatic rings. The molecule has 0 unspecified atom stereocenters. The molecule has 7 heteroatoms. The van der Waals surface area contributed by atoms with Crippen LogP contribution < -0.4 is 20.4 Å². The van der Waals surface area contributed by atoms with Gasteiger partial charge in [-0.1, -0.05) is 12.1 Å². The number of rotatable bonds is 4. The topological polar surface area (TPSA) is 69.5 Å². The highest BCUT2D eigenvalue weighted by Crippen LogP contribution is 2.32. The molecule has 2 aliphatic heterocycles. The highest BCUT2D eigenvalue weighted by Gasteiger charge is 2.15. The van der Waals surface area contributed by atoms with Gasteiger partial charge in [0.1, 0.15) is 17.6 Å². The predicted molar refractivity (Wildman–Crippen MR) is 133 cm³/mol. The quantitative estimate of drug-likeness (QED) is 0.504. The maximum absolute atomic E-state index is 5.91. The summed E-state index contributed by atoms with van der Waals surface area (Å²) in [5, 5.41) is 6.78. The number of hydrogen-bond acceptors (Lipinski definition) is 7. The highest BCUT2D eigenvalue weighted by molar-refractivity contribution is 5.92. The van der Waals surface area contributed by atoms with Crippen LogP contribution in [0.3, 0.4) is 0 Å². The third kappa shape index (κ3) is 4.05. The first-order chi connectivity index (χ1) is 16.3. The zero-order valence-electron chi connectivity index (χ0n) is 18.6. The molecule has 0 amide bonds. The molecular formula is C26H28N6O. The molecular weight excluding hydrogens is 412 g/mol. The average molecular weight is 441 g/mol. The van der Waals surface area contributed by atoms with Gasteiger partial charge in [0, 0.05) is 87.1 Å². The summed E-state index contributed by atoms with van der Waals surface area (Å²) in [7, 11) is 0. The lowest BCUT2D eigenvalue weighted by atomic mass is 10.1. The first kappa shape index (κ1) is 20.2. The van der Waals surface area contributed by atoms with Gasteiger partial charge in [-0.05, 0) is 35.9 Å². The molecule has 2 saturated heterocycles. The zero-order valence-corrected chi connectivity index (χ0v) is 18.6. The second-order valence-electron chi connectivity index (χ2n) is 8.65. The van der Waals surface area contributed by atoms with Gasteiger partial charge in [-0.2, -0.15) is 0 Å². The second kappa shape index (κ2) is 8.84. The van der Waals surface area contributed by atoms with Gasteiger partial charge in [-0.15, -0.1) is 0 Å². The molecule has 168 valence electrons. The maximum Gasteiger partial charge on any atom is 0.153 e. The van der Waals surface area contributed by atoms with Crippen molar-refractivity contribution in [2.45, 2.75) is 0 Å². The SMILES string of the molecule is c1cc(N2CCNCC2)ccc1-c1cnc2c(-c3ccc(N4CCNCC4)nc3)coc2c1. The Labute approximate surface area is 193 Å². The van der Waals surface area contributed by atoms with Crippen molar-refractivity contribution in [3.05, 3.63) is 61.1 Å². The van der Waals surface area contributed by atoms with Crippen LogP contribution >= 0.6 is 0 Å². The molecule has 3 aromatic heterocycles. The van der Waals surface area contributed by atoms with Crippen molar-refractivity contribution in [3.8, 4) is 22.3 Å². The van der Waals surface area contributed by atoms with E-state index in [-0.39, 0.29) is 0 Å². The van der Waals surface area contributed by atoms with Gasteiger partial charge in [0.25, 0.3) is 0 Å². The summed E-state index contributed by atoms with van der Waals surface area (Å²) < 4.78 is 5.91. The van der Waals surface area contributed by atoms with Gasteiger partial charge in [0.2, 0.25) is 0 Å². The van der Waals surface area contributed by atoms with Crippen molar-refractivity contribution < 1.29 is 4.42 Å². The molecule has 0 radical (unpaired) electrons. The number of piperazine rings is 2. The fourth-order valence-electron chi connectivity index (χ4n) is 4.69. The number of pyridine rings is 2. The normalized spacial score (nSPS) is 17.0. The molecule has 2 fully saturated rings. The first-order valence-corrected chi connectivity index (χ1v) is 11.7. The highest BCUT2D eigenvalue weighted by atomic mass is 16.3. The Bertz CT molecular complexity index is 1220. The smallest absolute Gasteiger partial charge is 0.153 e. The lowest BCUT2D eigenvalue weighted by molar-refractivity contribution is 0.585. The van der Waals surface area contributed by atoms with E-state index in [0.29, 0.717) is 0 Å². The van der Waals surface area contributed by atoms with Crippen LogP contribution in [-0.2, 0) is 0 Å². The number of aromatic nitrogens is 2. The van der Waals surface area contributed by atoms with Gasteiger partial charge in [0.05, 0.1) is 0 Å². The van der Waals surface area contributed by atoms with Crippen LogP contribution in [0.15, 0.2) is 65.5 Å². The Morgan fingerprint density at radius 1 is 0.697 bits per heavy atom. The van der Waals surface area contributed by atoms with Gasteiger partial charge in [-0.3, -0.25) is 4.98 Å². The van der Waals surface area contributed by atoms with E-state index >= 15 is 0 Å². The molecule has 0 spiro atoms. The fourth-order valence-corrected chi connectivity index (χ4v) is 4.69. The molecule has 7 nitrogen and oxygen atoms in total. The molecule has 4 aromatic rings. The number of furan rings is 1. The van der Waals surface area contributed by atoms with Gasteiger partial charge in [0.15, 0.2) is 5.58 Å². The van der Waals surface area contributed by atoms with E-state index in [1.165, 1.54) is 5.69 Å². The Balaban J connectivity index is 1.23. The molecule has 0 saturated carbocycles. The third-order valence-electron chi connectivity index (χ3n) is 6.59. The summed E-state index contributed by atoms with van der Waals surface area (Å²) in [4.78, 5) is 14.2. The first-order valence-electron chi connectivity index (χ1n) is 11.7. The molecule has 2 N–H and O–H groups in total. The minimum atomic E-state index is 0.792. The van der Waals surface area contributed by atoms with Crippen LogP contribution in [0.25, 0.3) is 33.4 Å². The molecule has 0 bridgehead atoms. The van der Waals surface area contributed by atoms with Crippen LogP contribution in [0.2, 0.25) is 0 Å². The summed E-state index contributed by atoms with van der Waals surface area (Å²) in [6.07, 6.45) is 5.65. The van der Waals surface area contributed by atoms with E-state index in [4.69, 9.17) is 14.4 Å². The molecule has 1 aromatic carbocycles. The van der Waals surface area contributed by atoms with E-state index in [2.05, 4.69) is 62.9 Å². The lowest BCUT2D eigenvalue weighted by Gasteiger charge is -2.29. The number of anilines is 2. The Hall–Kier alpha value is -3.42. The van der Waals surface area contributed by atoms with Crippen LogP contribution in [0.5, 0.6) is 0 Å². The van der Waals surface area contributed by atoms with E-state index in [9.17, 15) is 0 Å². The van der Waals surface area contributed by atoms with Crippen LogP contribution in [0.4, 0.5) is 11.5 Å². The number of fused-ring (bicyclic) bond motifs is 1. The van der Waals surface area contributed by atoms with Crippen molar-refractivity contribution >= 4 is 22.6 Å². The Morgan fingerprint density at radius 2 is 1.36 bits per heavy atom. The summed E-state index contributed by atoms with van der Waals surface area (Å²) in [6, 6.07) is 15.0. The van der Waals surface area contributed by atoms with Crippen molar-refractivity contribution in [1.82, 2.24) is 20.6 Å². The standard InChI is InChI=1S/C26H28N6O/c1-4-22(31-11-7-27-8-12-31)5-2-19(1)21-15-24-26(30-17-21)23(18-33-24)20-3-6-25(29-16-20)32-13-9-28-10-14-32/h1-6,15-18,27-28H,7-14H2. The van der Waals surface area contributed by atoms with E-state index in [1.54, 1.807) is 6.26 Å². The number of nitrogens with one attached hydrogen (secondary N) is 2. The largest absolute Gasteiger partial charge is 0.462 e. The van der Waals surface area contributed by atoms with Crippen LogP contribution in [-0.4, -0.2) is 62.3 Å². The second-order valence-corrected chi connectivity index (χ2v) is 8.65. The molecule has 5 heterocycles. The van der Waals surface area contributed by atoms with Crippen LogP contribution in [0.1, 0.15) is 0 Å². The maximum atomic E-state index is 5.91.